The molecule has 1 heterocycles. The first-order chi connectivity index (χ1) is 12.0. The molecule has 5 nitrogen and oxygen atoms in total. The summed E-state index contributed by atoms with van der Waals surface area (Å²) >= 11 is 11.9. The highest BCUT2D eigenvalue weighted by atomic mass is 35.5. The Morgan fingerprint density at radius 1 is 1.16 bits per heavy atom. The number of halogens is 2. The molecule has 1 N–H and O–H groups in total. The van der Waals surface area contributed by atoms with E-state index in [-0.39, 0.29) is 11.4 Å². The molecule has 1 aromatic heterocycles. The second-order valence-electron chi connectivity index (χ2n) is 5.55. The van der Waals surface area contributed by atoms with Crippen LogP contribution in [-0.4, -0.2) is 32.7 Å². The molecule has 0 spiro atoms. The zero-order valence-corrected chi connectivity index (χ0v) is 14.9. The molecule has 0 fully saturated rings. The standard InChI is InChI=1S/C18H15Cl2N3O2/c1-22(10-12-7-8-14(19)15(20)9-12)18(25)17-16(24)11-23(21-17)13-5-3-2-4-6-13/h2-9,11,24H,10H2,1H3. The van der Waals surface area contributed by atoms with Crippen molar-refractivity contribution in [2.24, 2.45) is 0 Å². The minimum atomic E-state index is -0.391. The summed E-state index contributed by atoms with van der Waals surface area (Å²) < 4.78 is 1.47. The first-order valence-electron chi connectivity index (χ1n) is 7.49. The van der Waals surface area contributed by atoms with Crippen LogP contribution in [0.5, 0.6) is 5.75 Å². The van der Waals surface area contributed by atoms with Crippen LogP contribution in [0.25, 0.3) is 5.69 Å². The number of carbonyl (C=O) groups is 1. The molecule has 0 aliphatic rings. The normalized spacial score (nSPS) is 10.7. The van der Waals surface area contributed by atoms with Gasteiger partial charge in [-0.1, -0.05) is 47.5 Å². The summed E-state index contributed by atoms with van der Waals surface area (Å²) in [5.41, 5.74) is 1.57. The Morgan fingerprint density at radius 2 is 1.88 bits per heavy atom. The number of rotatable bonds is 4. The zero-order valence-electron chi connectivity index (χ0n) is 13.4. The van der Waals surface area contributed by atoms with Crippen molar-refractivity contribution >= 4 is 29.1 Å². The van der Waals surface area contributed by atoms with Crippen molar-refractivity contribution in [3.05, 3.63) is 76.0 Å². The molecule has 0 saturated carbocycles. The van der Waals surface area contributed by atoms with E-state index in [4.69, 9.17) is 23.2 Å². The summed E-state index contributed by atoms with van der Waals surface area (Å²) in [7, 11) is 1.63. The zero-order chi connectivity index (χ0) is 18.0. The number of aromatic hydroxyl groups is 1. The molecule has 2 aromatic carbocycles. The number of benzene rings is 2. The van der Waals surface area contributed by atoms with Crippen LogP contribution in [0, 0.1) is 0 Å². The van der Waals surface area contributed by atoms with Gasteiger partial charge in [0, 0.05) is 13.6 Å². The number of nitrogens with zero attached hydrogens (tertiary/aromatic N) is 3. The molecular weight excluding hydrogens is 361 g/mol. The van der Waals surface area contributed by atoms with Crippen molar-refractivity contribution in [2.45, 2.75) is 6.54 Å². The molecule has 3 aromatic rings. The lowest BCUT2D eigenvalue weighted by Gasteiger charge is -2.16. The van der Waals surface area contributed by atoms with E-state index in [0.717, 1.165) is 11.3 Å². The van der Waals surface area contributed by atoms with Crippen LogP contribution in [0.4, 0.5) is 0 Å². The van der Waals surface area contributed by atoms with Gasteiger partial charge in [-0.05, 0) is 29.8 Å². The van der Waals surface area contributed by atoms with Crippen LogP contribution in [-0.2, 0) is 6.54 Å². The van der Waals surface area contributed by atoms with E-state index in [2.05, 4.69) is 5.10 Å². The molecule has 25 heavy (non-hydrogen) atoms. The van der Waals surface area contributed by atoms with E-state index < -0.39 is 5.91 Å². The number of hydrogen-bond acceptors (Lipinski definition) is 3. The maximum atomic E-state index is 12.6. The summed E-state index contributed by atoms with van der Waals surface area (Å²) in [6.07, 6.45) is 1.41. The second kappa shape index (κ2) is 7.17. The number of hydrogen-bond donors (Lipinski definition) is 1. The van der Waals surface area contributed by atoms with Crippen molar-refractivity contribution < 1.29 is 9.90 Å². The van der Waals surface area contributed by atoms with Crippen LogP contribution < -0.4 is 0 Å². The number of aromatic nitrogens is 2. The van der Waals surface area contributed by atoms with E-state index in [1.807, 2.05) is 30.3 Å². The molecule has 3 rings (SSSR count). The molecule has 0 atom stereocenters. The minimum absolute atomic E-state index is 0.00795. The Labute approximate surface area is 155 Å². The van der Waals surface area contributed by atoms with Crippen LogP contribution in [0.1, 0.15) is 16.1 Å². The van der Waals surface area contributed by atoms with Gasteiger partial charge in [0.2, 0.25) is 0 Å². The molecule has 0 aliphatic heterocycles. The van der Waals surface area contributed by atoms with Gasteiger partial charge < -0.3 is 10.0 Å². The average Bonchev–Trinajstić information content (AvgIpc) is 3.00. The average molecular weight is 376 g/mol. The summed E-state index contributed by atoms with van der Waals surface area (Å²) in [6, 6.07) is 14.4. The second-order valence-corrected chi connectivity index (χ2v) is 6.37. The highest BCUT2D eigenvalue weighted by Crippen LogP contribution is 2.24. The van der Waals surface area contributed by atoms with Crippen LogP contribution in [0.3, 0.4) is 0 Å². The third kappa shape index (κ3) is 3.78. The van der Waals surface area contributed by atoms with Gasteiger partial charge in [-0.25, -0.2) is 4.68 Å². The molecule has 0 aliphatic carbocycles. The SMILES string of the molecule is CN(Cc1ccc(Cl)c(Cl)c1)C(=O)c1nn(-c2ccccc2)cc1O. The van der Waals surface area contributed by atoms with E-state index in [1.54, 1.807) is 25.2 Å². The number of para-hydroxylation sites is 1. The monoisotopic (exact) mass is 375 g/mol. The Bertz CT molecular complexity index is 910. The molecule has 0 unspecified atom stereocenters. The van der Waals surface area contributed by atoms with Crippen LogP contribution in [0.2, 0.25) is 10.0 Å². The van der Waals surface area contributed by atoms with E-state index >= 15 is 0 Å². The Hall–Kier alpha value is -2.50. The predicted octanol–water partition coefficient (Wildman–Crippen LogP) is 4.16. The molecule has 7 heteroatoms. The Kier molecular flexibility index (Phi) is 4.97. The van der Waals surface area contributed by atoms with E-state index in [1.165, 1.54) is 15.8 Å². The quantitative estimate of drug-likeness (QED) is 0.744. The van der Waals surface area contributed by atoms with Crippen molar-refractivity contribution in [2.75, 3.05) is 7.05 Å². The first-order valence-corrected chi connectivity index (χ1v) is 8.25. The largest absolute Gasteiger partial charge is 0.504 e. The third-order valence-electron chi connectivity index (χ3n) is 3.67. The fraction of sp³-hybridized carbons (Fsp3) is 0.111. The lowest BCUT2D eigenvalue weighted by Crippen LogP contribution is -2.26. The van der Waals surface area contributed by atoms with Gasteiger partial charge in [0.25, 0.3) is 5.91 Å². The first kappa shape index (κ1) is 17.3. The van der Waals surface area contributed by atoms with E-state index in [0.29, 0.717) is 16.6 Å². The van der Waals surface area contributed by atoms with Gasteiger partial charge in [0.15, 0.2) is 11.4 Å². The topological polar surface area (TPSA) is 58.4 Å². The van der Waals surface area contributed by atoms with Gasteiger partial charge in [-0.3, -0.25) is 4.79 Å². The predicted molar refractivity (Wildman–Crippen MR) is 97.5 cm³/mol. The third-order valence-corrected chi connectivity index (χ3v) is 4.41. The van der Waals surface area contributed by atoms with Gasteiger partial charge in [0.1, 0.15) is 0 Å². The van der Waals surface area contributed by atoms with Crippen molar-refractivity contribution in [1.82, 2.24) is 14.7 Å². The maximum Gasteiger partial charge on any atom is 0.278 e. The van der Waals surface area contributed by atoms with Crippen molar-refractivity contribution in [3.63, 3.8) is 0 Å². The molecular formula is C18H15Cl2N3O2. The summed E-state index contributed by atoms with van der Waals surface area (Å²) in [6.45, 7) is 0.313. The van der Waals surface area contributed by atoms with Gasteiger partial charge in [0.05, 0.1) is 21.9 Å². The van der Waals surface area contributed by atoms with Crippen LogP contribution in [0.15, 0.2) is 54.7 Å². The lowest BCUT2D eigenvalue weighted by atomic mass is 10.2. The molecule has 128 valence electrons. The number of carbonyl (C=O) groups excluding carboxylic acids is 1. The van der Waals surface area contributed by atoms with Crippen molar-refractivity contribution in [1.29, 1.82) is 0 Å². The van der Waals surface area contributed by atoms with Gasteiger partial charge >= 0.3 is 0 Å². The van der Waals surface area contributed by atoms with E-state index in [9.17, 15) is 9.90 Å². The lowest BCUT2D eigenvalue weighted by molar-refractivity contribution is 0.0776. The smallest absolute Gasteiger partial charge is 0.278 e. The highest BCUT2D eigenvalue weighted by molar-refractivity contribution is 6.42. The fourth-order valence-corrected chi connectivity index (χ4v) is 2.72. The highest BCUT2D eigenvalue weighted by Gasteiger charge is 2.21. The molecule has 0 radical (unpaired) electrons. The molecule has 0 bridgehead atoms. The summed E-state index contributed by atoms with van der Waals surface area (Å²) in [5, 5.41) is 15.2. The molecule has 1 amide bonds. The number of amides is 1. The van der Waals surface area contributed by atoms with Gasteiger partial charge in [-0.2, -0.15) is 5.10 Å². The van der Waals surface area contributed by atoms with Crippen molar-refractivity contribution in [3.8, 4) is 11.4 Å². The van der Waals surface area contributed by atoms with Gasteiger partial charge in [-0.15, -0.1) is 0 Å². The summed E-state index contributed by atoms with van der Waals surface area (Å²) in [5.74, 6) is -0.562. The Balaban J connectivity index is 1.80. The fourth-order valence-electron chi connectivity index (χ4n) is 2.39. The maximum absolute atomic E-state index is 12.6. The van der Waals surface area contributed by atoms with Crippen LogP contribution >= 0.6 is 23.2 Å². The summed E-state index contributed by atoms with van der Waals surface area (Å²) in [4.78, 5) is 14.1. The Morgan fingerprint density at radius 3 is 2.56 bits per heavy atom. The minimum Gasteiger partial charge on any atom is -0.504 e. The molecule has 0 saturated heterocycles.